The van der Waals surface area contributed by atoms with Gasteiger partial charge in [0.1, 0.15) is 11.3 Å². The van der Waals surface area contributed by atoms with Gasteiger partial charge in [0.05, 0.1) is 12.0 Å². The number of aromatic nitrogens is 1. The van der Waals surface area contributed by atoms with Crippen LogP contribution in [0.15, 0.2) is 16.7 Å². The minimum absolute atomic E-state index is 0.0304. The Morgan fingerprint density at radius 3 is 2.71 bits per heavy atom. The highest BCUT2D eigenvalue weighted by molar-refractivity contribution is 5.86. The number of nitrogens with zero attached hydrogens (tertiary/aromatic N) is 1. The van der Waals surface area contributed by atoms with Crippen molar-refractivity contribution in [2.45, 2.75) is 32.4 Å². The number of hydrogen-bond acceptors (Lipinski definition) is 4. The topological polar surface area (TPSA) is 61.3 Å². The van der Waals surface area contributed by atoms with Crippen molar-refractivity contribution in [3.05, 3.63) is 23.5 Å². The van der Waals surface area contributed by atoms with Crippen LogP contribution in [0.2, 0.25) is 0 Å². The lowest BCUT2D eigenvalue weighted by molar-refractivity contribution is -0.154. The van der Waals surface area contributed by atoms with Gasteiger partial charge in [-0.2, -0.15) is 13.2 Å². The highest BCUT2D eigenvalue weighted by atomic mass is 19.4. The summed E-state index contributed by atoms with van der Waals surface area (Å²) in [5.41, 5.74) is 6.26. The molecule has 0 aliphatic heterocycles. The molecule has 0 fully saturated rings. The number of aryl methyl sites for hydroxylation is 1. The van der Waals surface area contributed by atoms with Gasteiger partial charge in [0, 0.05) is 5.56 Å². The van der Waals surface area contributed by atoms with Crippen LogP contribution in [0.4, 0.5) is 13.2 Å². The molecule has 0 bridgehead atoms. The molecule has 0 radical (unpaired) electrons. The fourth-order valence-corrected chi connectivity index (χ4v) is 2.14. The van der Waals surface area contributed by atoms with E-state index in [0.717, 1.165) is 6.42 Å². The van der Waals surface area contributed by atoms with Crippen LogP contribution in [0.5, 0.6) is 5.75 Å². The van der Waals surface area contributed by atoms with Crippen molar-refractivity contribution in [1.29, 1.82) is 0 Å². The number of ether oxygens (including phenoxy) is 1. The second kappa shape index (κ2) is 6.34. The Bertz CT molecular complexity index is 608. The molecule has 0 saturated heterocycles. The SMILES string of the molecule is CCCc1c(OCCCN)ccc2c(C(F)(F)F)onc12. The van der Waals surface area contributed by atoms with Crippen LogP contribution < -0.4 is 10.5 Å². The van der Waals surface area contributed by atoms with Gasteiger partial charge in [-0.25, -0.2) is 0 Å². The summed E-state index contributed by atoms with van der Waals surface area (Å²) in [6.45, 7) is 2.85. The average Bonchev–Trinajstić information content (AvgIpc) is 2.85. The molecule has 7 heteroatoms. The smallest absolute Gasteiger partial charge is 0.453 e. The van der Waals surface area contributed by atoms with E-state index in [9.17, 15) is 13.2 Å². The molecule has 1 heterocycles. The maximum atomic E-state index is 12.8. The average molecular weight is 302 g/mol. The van der Waals surface area contributed by atoms with E-state index in [4.69, 9.17) is 10.5 Å². The molecule has 1 aromatic carbocycles. The minimum atomic E-state index is -4.56. The van der Waals surface area contributed by atoms with E-state index >= 15 is 0 Å². The predicted molar refractivity (Wildman–Crippen MR) is 72.2 cm³/mol. The summed E-state index contributed by atoms with van der Waals surface area (Å²) in [5, 5.41) is 3.56. The van der Waals surface area contributed by atoms with Gasteiger partial charge in [0.15, 0.2) is 0 Å². The molecule has 2 aromatic rings. The Balaban J connectivity index is 2.45. The van der Waals surface area contributed by atoms with Crippen molar-refractivity contribution in [3.63, 3.8) is 0 Å². The fraction of sp³-hybridized carbons (Fsp3) is 0.500. The lowest BCUT2D eigenvalue weighted by Gasteiger charge is -2.11. The first-order valence-corrected chi connectivity index (χ1v) is 6.80. The summed E-state index contributed by atoms with van der Waals surface area (Å²) in [7, 11) is 0. The van der Waals surface area contributed by atoms with E-state index in [0.29, 0.717) is 37.3 Å². The molecule has 0 aliphatic rings. The first-order chi connectivity index (χ1) is 9.99. The number of fused-ring (bicyclic) bond motifs is 1. The molecule has 0 spiro atoms. The lowest BCUT2D eigenvalue weighted by atomic mass is 10.0. The van der Waals surface area contributed by atoms with Gasteiger partial charge >= 0.3 is 6.18 Å². The number of benzene rings is 1. The molecule has 21 heavy (non-hydrogen) atoms. The zero-order chi connectivity index (χ0) is 15.5. The number of alkyl halides is 3. The van der Waals surface area contributed by atoms with Crippen molar-refractivity contribution in [2.75, 3.05) is 13.2 Å². The molecule has 1 aromatic heterocycles. The second-order valence-electron chi connectivity index (χ2n) is 4.69. The third kappa shape index (κ3) is 3.29. The standard InChI is InChI=1S/C14H17F3N2O2/c1-2-4-9-11(20-8-3-7-18)6-5-10-12(9)19-21-13(10)14(15,16)17/h5-6H,2-4,7-8,18H2,1H3. The van der Waals surface area contributed by atoms with Gasteiger partial charge in [-0.15, -0.1) is 0 Å². The van der Waals surface area contributed by atoms with Crippen molar-refractivity contribution >= 4 is 10.9 Å². The quantitative estimate of drug-likeness (QED) is 0.829. The van der Waals surface area contributed by atoms with Crippen LogP contribution in [-0.4, -0.2) is 18.3 Å². The zero-order valence-corrected chi connectivity index (χ0v) is 11.7. The monoisotopic (exact) mass is 302 g/mol. The largest absolute Gasteiger partial charge is 0.493 e. The van der Waals surface area contributed by atoms with E-state index in [1.54, 1.807) is 0 Å². The Hall–Kier alpha value is -1.76. The van der Waals surface area contributed by atoms with Crippen LogP contribution >= 0.6 is 0 Å². The van der Waals surface area contributed by atoms with Crippen LogP contribution in [0.25, 0.3) is 10.9 Å². The Kier molecular flexibility index (Phi) is 4.72. The maximum Gasteiger partial charge on any atom is 0.453 e. The van der Waals surface area contributed by atoms with Gasteiger partial charge in [0.25, 0.3) is 0 Å². The number of rotatable bonds is 6. The van der Waals surface area contributed by atoms with E-state index in [1.165, 1.54) is 12.1 Å². The van der Waals surface area contributed by atoms with E-state index in [-0.39, 0.29) is 10.9 Å². The second-order valence-corrected chi connectivity index (χ2v) is 4.69. The summed E-state index contributed by atoms with van der Waals surface area (Å²) in [6, 6.07) is 2.88. The van der Waals surface area contributed by atoms with Crippen molar-refractivity contribution in [2.24, 2.45) is 5.73 Å². The molecule has 0 amide bonds. The van der Waals surface area contributed by atoms with Crippen LogP contribution in [-0.2, 0) is 12.6 Å². The molecule has 0 aliphatic carbocycles. The first kappa shape index (κ1) is 15.6. The van der Waals surface area contributed by atoms with Crippen molar-refractivity contribution < 1.29 is 22.4 Å². The Morgan fingerprint density at radius 2 is 2.10 bits per heavy atom. The highest BCUT2D eigenvalue weighted by Crippen LogP contribution is 2.38. The summed E-state index contributed by atoms with van der Waals surface area (Å²) >= 11 is 0. The summed E-state index contributed by atoms with van der Waals surface area (Å²) < 4.78 is 48.6. The van der Waals surface area contributed by atoms with Crippen LogP contribution in [0.3, 0.4) is 0 Å². The highest BCUT2D eigenvalue weighted by Gasteiger charge is 2.38. The number of hydrogen-bond donors (Lipinski definition) is 1. The molecule has 0 unspecified atom stereocenters. The molecule has 116 valence electrons. The summed E-state index contributed by atoms with van der Waals surface area (Å²) in [4.78, 5) is 0. The lowest BCUT2D eigenvalue weighted by Crippen LogP contribution is -2.07. The van der Waals surface area contributed by atoms with Gasteiger partial charge in [-0.3, -0.25) is 0 Å². The molecular weight excluding hydrogens is 285 g/mol. The Morgan fingerprint density at radius 1 is 1.33 bits per heavy atom. The molecule has 2 N–H and O–H groups in total. The van der Waals surface area contributed by atoms with Gasteiger partial charge in [-0.1, -0.05) is 18.5 Å². The van der Waals surface area contributed by atoms with E-state index in [1.807, 2.05) is 6.92 Å². The van der Waals surface area contributed by atoms with Crippen molar-refractivity contribution in [3.8, 4) is 5.75 Å². The van der Waals surface area contributed by atoms with Gasteiger partial charge < -0.3 is 15.0 Å². The Labute approximate surface area is 120 Å². The number of halogens is 3. The van der Waals surface area contributed by atoms with E-state index < -0.39 is 11.9 Å². The first-order valence-electron chi connectivity index (χ1n) is 6.80. The summed E-state index contributed by atoms with van der Waals surface area (Å²) in [5.74, 6) is -0.525. The molecule has 0 atom stereocenters. The normalized spacial score (nSPS) is 12.0. The third-order valence-corrected chi connectivity index (χ3v) is 3.08. The van der Waals surface area contributed by atoms with Crippen molar-refractivity contribution in [1.82, 2.24) is 5.16 Å². The summed E-state index contributed by atoms with van der Waals surface area (Å²) in [6.07, 6.45) is -2.55. The molecule has 2 rings (SSSR count). The number of nitrogens with two attached hydrogens (primary N) is 1. The molecule has 4 nitrogen and oxygen atoms in total. The molecule has 0 saturated carbocycles. The fourth-order valence-electron chi connectivity index (χ4n) is 2.14. The maximum absolute atomic E-state index is 12.8. The van der Waals surface area contributed by atoms with Crippen LogP contribution in [0.1, 0.15) is 31.1 Å². The van der Waals surface area contributed by atoms with E-state index in [2.05, 4.69) is 9.68 Å². The zero-order valence-electron chi connectivity index (χ0n) is 11.7. The van der Waals surface area contributed by atoms with Gasteiger partial charge in [-0.05, 0) is 31.5 Å². The minimum Gasteiger partial charge on any atom is -0.493 e. The van der Waals surface area contributed by atoms with Crippen LogP contribution in [0, 0.1) is 0 Å². The molecular formula is C14H17F3N2O2. The third-order valence-electron chi connectivity index (χ3n) is 3.08. The predicted octanol–water partition coefficient (Wildman–Crippen LogP) is 3.53. The van der Waals surface area contributed by atoms with Gasteiger partial charge in [0.2, 0.25) is 5.76 Å².